The van der Waals surface area contributed by atoms with Gasteiger partial charge in [0, 0.05) is 12.5 Å². The van der Waals surface area contributed by atoms with Crippen molar-refractivity contribution in [3.05, 3.63) is 34.6 Å². The molecule has 0 aromatic carbocycles. The minimum atomic E-state index is 0.228. The lowest BCUT2D eigenvalue weighted by Crippen LogP contribution is -2.08. The molecule has 1 N–H and O–H groups in total. The summed E-state index contributed by atoms with van der Waals surface area (Å²) in [6.07, 6.45) is 10.8. The van der Waals surface area contributed by atoms with Gasteiger partial charge in [0.2, 0.25) is 0 Å². The Labute approximate surface area is 121 Å². The Kier molecular flexibility index (Phi) is 5.86. The van der Waals surface area contributed by atoms with E-state index in [4.69, 9.17) is 14.9 Å². The second kappa shape index (κ2) is 7.65. The lowest BCUT2D eigenvalue weighted by Gasteiger charge is -2.22. The third-order valence-corrected chi connectivity index (χ3v) is 4.22. The van der Waals surface area contributed by atoms with E-state index in [0.717, 1.165) is 25.0 Å². The molecule has 112 valence electrons. The van der Waals surface area contributed by atoms with Gasteiger partial charge in [-0.1, -0.05) is 25.5 Å². The van der Waals surface area contributed by atoms with Gasteiger partial charge in [-0.05, 0) is 55.7 Å². The van der Waals surface area contributed by atoms with Crippen molar-refractivity contribution in [2.24, 2.45) is 5.92 Å². The fourth-order valence-electron chi connectivity index (χ4n) is 2.75. The normalized spacial score (nSPS) is 20.2. The molecule has 2 rings (SSSR count). The first-order valence-corrected chi connectivity index (χ1v) is 7.78. The summed E-state index contributed by atoms with van der Waals surface area (Å²) >= 11 is 0. The summed E-state index contributed by atoms with van der Waals surface area (Å²) in [5.74, 6) is 1.14. The lowest BCUT2D eigenvalue weighted by atomic mass is 9.84. The zero-order valence-corrected chi connectivity index (χ0v) is 12.7. The molecule has 0 aromatic rings. The third-order valence-electron chi connectivity index (χ3n) is 4.22. The summed E-state index contributed by atoms with van der Waals surface area (Å²) in [4.78, 5) is 10.8. The van der Waals surface area contributed by atoms with Crippen LogP contribution in [0.15, 0.2) is 34.6 Å². The molecule has 3 nitrogen and oxygen atoms in total. The predicted molar refractivity (Wildman–Crippen MR) is 79.9 cm³/mol. The highest BCUT2D eigenvalue weighted by Crippen LogP contribution is 2.34. The largest absolute Gasteiger partial charge is 0.396 e. The molecule has 3 heteroatoms. The van der Waals surface area contributed by atoms with Crippen LogP contribution in [0.4, 0.5) is 0 Å². The van der Waals surface area contributed by atoms with E-state index in [1.165, 1.54) is 30.4 Å². The molecule has 20 heavy (non-hydrogen) atoms. The maximum atomic E-state index is 8.90. The summed E-state index contributed by atoms with van der Waals surface area (Å²) in [5, 5.41) is 8.90. The summed E-state index contributed by atoms with van der Waals surface area (Å²) in [6.45, 7) is 5.07. The van der Waals surface area contributed by atoms with Crippen LogP contribution in [0.3, 0.4) is 0 Å². The number of aliphatic hydroxyl groups is 1. The van der Waals surface area contributed by atoms with Gasteiger partial charge in [-0.15, -0.1) is 0 Å². The summed E-state index contributed by atoms with van der Waals surface area (Å²) in [6, 6.07) is 0. The Bertz CT molecular complexity index is 412. The van der Waals surface area contributed by atoms with E-state index in [-0.39, 0.29) is 12.5 Å². The van der Waals surface area contributed by atoms with Crippen molar-refractivity contribution in [3.63, 3.8) is 0 Å². The Morgan fingerprint density at radius 2 is 2.15 bits per heavy atom. The first-order valence-electron chi connectivity index (χ1n) is 7.78. The molecular weight excluding hydrogens is 252 g/mol. The molecule has 0 radical (unpaired) electrons. The number of allylic oxidation sites excluding steroid dienone is 4. The van der Waals surface area contributed by atoms with Gasteiger partial charge in [0.15, 0.2) is 0 Å². The van der Waals surface area contributed by atoms with Crippen molar-refractivity contribution in [2.45, 2.75) is 52.4 Å². The number of hydrogen-bond acceptors (Lipinski definition) is 3. The Hall–Kier alpha value is -1.06. The van der Waals surface area contributed by atoms with Crippen LogP contribution in [0.2, 0.25) is 0 Å². The van der Waals surface area contributed by atoms with Crippen LogP contribution in [0.5, 0.6) is 0 Å². The Morgan fingerprint density at radius 1 is 1.35 bits per heavy atom. The molecule has 0 amide bonds. The van der Waals surface area contributed by atoms with Crippen LogP contribution in [-0.2, 0) is 9.78 Å². The van der Waals surface area contributed by atoms with E-state index in [1.807, 2.05) is 6.08 Å². The number of aliphatic hydroxyl groups excluding tert-OH is 1. The standard InChI is InChI=1S/C17H26O3/c1-3-16(14-7-4-8-14)15-9-10-17(20-19-12-15)13(2)6-5-11-18/h9-10,13,18H,3-8,11-12H2,1-2H3. The van der Waals surface area contributed by atoms with Crippen LogP contribution in [0.1, 0.15) is 52.4 Å². The molecule has 0 saturated heterocycles. The molecule has 0 aromatic heterocycles. The maximum Gasteiger partial charge on any atom is 0.145 e. The van der Waals surface area contributed by atoms with Crippen molar-refractivity contribution in [3.8, 4) is 0 Å². The first-order chi connectivity index (χ1) is 9.76. The second-order valence-corrected chi connectivity index (χ2v) is 5.66. The van der Waals surface area contributed by atoms with Gasteiger partial charge >= 0.3 is 0 Å². The zero-order chi connectivity index (χ0) is 14.4. The van der Waals surface area contributed by atoms with Crippen molar-refractivity contribution in [2.75, 3.05) is 13.2 Å². The summed E-state index contributed by atoms with van der Waals surface area (Å²) < 4.78 is 0. The fraction of sp³-hybridized carbons (Fsp3) is 0.647. The number of rotatable bonds is 6. The zero-order valence-electron chi connectivity index (χ0n) is 12.7. The topological polar surface area (TPSA) is 38.7 Å². The van der Waals surface area contributed by atoms with Crippen LogP contribution >= 0.6 is 0 Å². The van der Waals surface area contributed by atoms with Gasteiger partial charge in [0.05, 0.1) is 0 Å². The van der Waals surface area contributed by atoms with E-state index >= 15 is 0 Å². The van der Waals surface area contributed by atoms with E-state index in [0.29, 0.717) is 6.61 Å². The van der Waals surface area contributed by atoms with Gasteiger partial charge in [-0.3, -0.25) is 0 Å². The molecule has 0 spiro atoms. The molecule has 1 fully saturated rings. The highest BCUT2D eigenvalue weighted by Gasteiger charge is 2.19. The molecule has 1 aliphatic carbocycles. The van der Waals surface area contributed by atoms with E-state index in [9.17, 15) is 0 Å². The molecule has 1 saturated carbocycles. The summed E-state index contributed by atoms with van der Waals surface area (Å²) in [7, 11) is 0. The number of hydrogen-bond donors (Lipinski definition) is 1. The van der Waals surface area contributed by atoms with Gasteiger partial charge in [0.25, 0.3) is 0 Å². The van der Waals surface area contributed by atoms with Crippen molar-refractivity contribution in [1.82, 2.24) is 0 Å². The second-order valence-electron chi connectivity index (χ2n) is 5.66. The minimum Gasteiger partial charge on any atom is -0.396 e. The maximum absolute atomic E-state index is 8.90. The van der Waals surface area contributed by atoms with E-state index < -0.39 is 0 Å². The monoisotopic (exact) mass is 278 g/mol. The molecule has 1 unspecified atom stereocenters. The van der Waals surface area contributed by atoms with Gasteiger partial charge in [0.1, 0.15) is 12.4 Å². The molecule has 1 aliphatic heterocycles. The summed E-state index contributed by atoms with van der Waals surface area (Å²) in [5.41, 5.74) is 4.31. The molecule has 1 atom stereocenters. The quantitative estimate of drug-likeness (QED) is 0.745. The molecular formula is C17H26O3. The fourth-order valence-corrected chi connectivity index (χ4v) is 2.75. The van der Waals surface area contributed by atoms with Crippen molar-refractivity contribution < 1.29 is 14.9 Å². The van der Waals surface area contributed by atoms with E-state index in [2.05, 4.69) is 19.9 Å². The highest BCUT2D eigenvalue weighted by molar-refractivity contribution is 5.40. The van der Waals surface area contributed by atoms with Crippen LogP contribution in [0, 0.1) is 5.92 Å². The van der Waals surface area contributed by atoms with Crippen LogP contribution in [0.25, 0.3) is 0 Å². The van der Waals surface area contributed by atoms with Gasteiger partial charge in [-0.2, -0.15) is 4.89 Å². The molecule has 2 aliphatic rings. The minimum absolute atomic E-state index is 0.228. The Balaban J connectivity index is 2.08. The highest BCUT2D eigenvalue weighted by atomic mass is 17.2. The van der Waals surface area contributed by atoms with Crippen molar-refractivity contribution >= 4 is 0 Å². The van der Waals surface area contributed by atoms with Gasteiger partial charge < -0.3 is 9.99 Å². The SMILES string of the molecule is CCC(C1=CC=C(C(C)CCCO)OOC1)=C1CCC1. The van der Waals surface area contributed by atoms with E-state index in [1.54, 1.807) is 5.57 Å². The van der Waals surface area contributed by atoms with Crippen LogP contribution < -0.4 is 0 Å². The van der Waals surface area contributed by atoms with Crippen LogP contribution in [-0.4, -0.2) is 18.3 Å². The average molecular weight is 278 g/mol. The average Bonchev–Trinajstić information content (AvgIpc) is 2.65. The molecule has 0 bridgehead atoms. The predicted octanol–water partition coefficient (Wildman–Crippen LogP) is 4.06. The van der Waals surface area contributed by atoms with Crippen molar-refractivity contribution in [1.29, 1.82) is 0 Å². The Morgan fingerprint density at radius 3 is 2.75 bits per heavy atom. The smallest absolute Gasteiger partial charge is 0.145 e. The lowest BCUT2D eigenvalue weighted by molar-refractivity contribution is -0.259. The van der Waals surface area contributed by atoms with Gasteiger partial charge in [-0.25, -0.2) is 0 Å². The molecule has 1 heterocycles. The third kappa shape index (κ3) is 3.74. The first kappa shape index (κ1) is 15.3.